The Labute approximate surface area is 135 Å². The molecular weight excluding hydrogens is 301 g/mol. The first-order valence-corrected chi connectivity index (χ1v) is 8.17. The lowest BCUT2D eigenvalue weighted by atomic mass is 9.88. The molecule has 2 saturated heterocycles. The molecule has 2 fully saturated rings. The van der Waals surface area contributed by atoms with Gasteiger partial charge in [-0.2, -0.15) is 0 Å². The summed E-state index contributed by atoms with van der Waals surface area (Å²) in [5.41, 5.74) is -1.31. The van der Waals surface area contributed by atoms with Crippen LogP contribution in [-0.4, -0.2) is 65.8 Å². The summed E-state index contributed by atoms with van der Waals surface area (Å²) in [5, 5.41) is 21.1. The van der Waals surface area contributed by atoms with Gasteiger partial charge < -0.3 is 19.7 Å². The second-order valence-corrected chi connectivity index (χ2v) is 6.46. The van der Waals surface area contributed by atoms with Crippen LogP contribution in [0.15, 0.2) is 24.3 Å². The molecule has 0 saturated carbocycles. The molecule has 6 heteroatoms. The molecule has 0 bridgehead atoms. The van der Waals surface area contributed by atoms with Gasteiger partial charge in [-0.3, -0.25) is 4.90 Å². The van der Waals surface area contributed by atoms with Gasteiger partial charge in [-0.1, -0.05) is 0 Å². The number of ether oxygens (including phenoxy) is 2. The molecule has 0 aliphatic carbocycles. The van der Waals surface area contributed by atoms with Gasteiger partial charge in [0.15, 0.2) is 0 Å². The second kappa shape index (κ2) is 7.13. The predicted octanol–water partition coefficient (Wildman–Crippen LogP) is 1.18. The van der Waals surface area contributed by atoms with E-state index in [9.17, 15) is 14.6 Å². The van der Waals surface area contributed by atoms with Crippen molar-refractivity contribution in [3.8, 4) is 5.75 Å². The Balaban J connectivity index is 1.61. The summed E-state index contributed by atoms with van der Waals surface area (Å²) in [7, 11) is 0. The Morgan fingerprint density at radius 3 is 2.61 bits per heavy atom. The number of piperidine rings is 1. The second-order valence-electron chi connectivity index (χ2n) is 6.46. The zero-order chi connectivity index (χ0) is 16.3. The van der Waals surface area contributed by atoms with Crippen LogP contribution >= 0.6 is 0 Å². The van der Waals surface area contributed by atoms with E-state index in [0.29, 0.717) is 24.8 Å². The summed E-state index contributed by atoms with van der Waals surface area (Å²) in [6.07, 6.45) is 1.59. The molecule has 23 heavy (non-hydrogen) atoms. The maximum Gasteiger partial charge on any atom is 0.137 e. The quantitative estimate of drug-likeness (QED) is 0.870. The van der Waals surface area contributed by atoms with E-state index in [2.05, 4.69) is 4.90 Å². The Morgan fingerprint density at radius 1 is 1.22 bits per heavy atom. The number of hydrogen-bond acceptors (Lipinski definition) is 5. The predicted molar refractivity (Wildman–Crippen MR) is 82.9 cm³/mol. The molecule has 5 nitrogen and oxygen atoms in total. The Morgan fingerprint density at radius 2 is 1.91 bits per heavy atom. The lowest BCUT2D eigenvalue weighted by Gasteiger charge is -2.46. The Bertz CT molecular complexity index is 506. The number of β-amino-alcohol motifs (C(OH)–C–C–N with tert-alkyl or cyclic N) is 1. The van der Waals surface area contributed by atoms with Crippen molar-refractivity contribution in [2.45, 2.75) is 37.0 Å². The molecule has 128 valence electrons. The largest absolute Gasteiger partial charge is 0.490 e. The first kappa shape index (κ1) is 16.6. The van der Waals surface area contributed by atoms with Gasteiger partial charge in [0.1, 0.15) is 23.8 Å². The normalized spacial score (nSPS) is 30.3. The smallest absolute Gasteiger partial charge is 0.137 e. The van der Waals surface area contributed by atoms with Gasteiger partial charge >= 0.3 is 0 Å². The van der Waals surface area contributed by atoms with Crippen molar-refractivity contribution in [2.24, 2.45) is 0 Å². The zero-order valence-electron chi connectivity index (χ0n) is 13.2. The van der Waals surface area contributed by atoms with E-state index in [-0.39, 0.29) is 12.4 Å². The van der Waals surface area contributed by atoms with Crippen LogP contribution in [-0.2, 0) is 4.74 Å². The molecule has 2 N–H and O–H groups in total. The van der Waals surface area contributed by atoms with Crippen LogP contribution in [0.3, 0.4) is 0 Å². The van der Waals surface area contributed by atoms with Crippen molar-refractivity contribution in [1.82, 2.24) is 4.90 Å². The minimum atomic E-state index is -1.31. The highest BCUT2D eigenvalue weighted by Crippen LogP contribution is 2.27. The molecule has 0 unspecified atom stereocenters. The standard InChI is InChI=1S/C17H24FNO4/c18-13-1-3-15(4-2-13)23-12-17(21)11-19(8-5-16(17)20)14-6-9-22-10-7-14/h1-4,14,16,20-21H,5-12H2/t16-,17-/m0/s1. The van der Waals surface area contributed by atoms with Gasteiger partial charge in [0, 0.05) is 32.3 Å². The molecular formula is C17H24FNO4. The number of hydrogen-bond donors (Lipinski definition) is 2. The average Bonchev–Trinajstić information content (AvgIpc) is 2.58. The molecule has 0 spiro atoms. The lowest BCUT2D eigenvalue weighted by molar-refractivity contribution is -0.149. The lowest BCUT2D eigenvalue weighted by Crippen LogP contribution is -2.62. The van der Waals surface area contributed by atoms with Crippen LogP contribution in [0, 0.1) is 5.82 Å². The van der Waals surface area contributed by atoms with E-state index in [4.69, 9.17) is 9.47 Å². The van der Waals surface area contributed by atoms with Crippen LogP contribution in [0.2, 0.25) is 0 Å². The highest BCUT2D eigenvalue weighted by Gasteiger charge is 2.43. The van der Waals surface area contributed by atoms with Crippen LogP contribution in [0.4, 0.5) is 4.39 Å². The summed E-state index contributed by atoms with van der Waals surface area (Å²) in [5.74, 6) is 0.148. The van der Waals surface area contributed by atoms with Gasteiger partial charge in [-0.15, -0.1) is 0 Å². The maximum absolute atomic E-state index is 12.9. The van der Waals surface area contributed by atoms with Gasteiger partial charge in [0.2, 0.25) is 0 Å². The molecule has 1 aromatic carbocycles. The highest BCUT2D eigenvalue weighted by atomic mass is 19.1. The minimum absolute atomic E-state index is 0.0144. The van der Waals surface area contributed by atoms with Gasteiger partial charge in [0.25, 0.3) is 0 Å². The third kappa shape index (κ3) is 4.01. The number of aliphatic hydroxyl groups is 2. The summed E-state index contributed by atoms with van der Waals surface area (Å²) in [6.45, 7) is 2.62. The Kier molecular flexibility index (Phi) is 5.16. The number of halogens is 1. The van der Waals surface area contributed by atoms with Crippen molar-refractivity contribution < 1.29 is 24.1 Å². The molecule has 2 atom stereocenters. The van der Waals surface area contributed by atoms with Crippen molar-refractivity contribution in [1.29, 1.82) is 0 Å². The summed E-state index contributed by atoms with van der Waals surface area (Å²) in [6, 6.07) is 6.04. The fourth-order valence-corrected chi connectivity index (χ4v) is 3.34. The topological polar surface area (TPSA) is 62.2 Å². The third-order valence-corrected chi connectivity index (χ3v) is 4.80. The van der Waals surface area contributed by atoms with E-state index in [0.717, 1.165) is 32.6 Å². The summed E-state index contributed by atoms with van der Waals surface area (Å²) in [4.78, 5) is 2.23. The number of nitrogens with zero attached hydrogens (tertiary/aromatic N) is 1. The van der Waals surface area contributed by atoms with Gasteiger partial charge in [-0.05, 0) is 43.5 Å². The van der Waals surface area contributed by atoms with E-state index >= 15 is 0 Å². The molecule has 0 radical (unpaired) electrons. The third-order valence-electron chi connectivity index (χ3n) is 4.80. The van der Waals surface area contributed by atoms with Crippen LogP contribution < -0.4 is 4.74 Å². The van der Waals surface area contributed by atoms with Crippen molar-refractivity contribution >= 4 is 0 Å². The zero-order valence-corrected chi connectivity index (χ0v) is 13.2. The molecule has 2 aliphatic rings. The van der Waals surface area contributed by atoms with Crippen LogP contribution in [0.25, 0.3) is 0 Å². The van der Waals surface area contributed by atoms with Crippen molar-refractivity contribution in [2.75, 3.05) is 32.9 Å². The van der Waals surface area contributed by atoms with Crippen molar-refractivity contribution in [3.63, 3.8) is 0 Å². The molecule has 0 amide bonds. The van der Waals surface area contributed by atoms with E-state index in [1.807, 2.05) is 0 Å². The van der Waals surface area contributed by atoms with Gasteiger partial charge in [0.05, 0.1) is 6.10 Å². The Hall–Kier alpha value is -1.21. The summed E-state index contributed by atoms with van der Waals surface area (Å²) >= 11 is 0. The van der Waals surface area contributed by atoms with Crippen molar-refractivity contribution in [3.05, 3.63) is 30.1 Å². The van der Waals surface area contributed by atoms with Crippen LogP contribution in [0.1, 0.15) is 19.3 Å². The SMILES string of the molecule is O[C@H]1CCN(C2CCOCC2)C[C@]1(O)COc1ccc(F)cc1. The molecule has 1 aromatic rings. The van der Waals surface area contributed by atoms with Crippen LogP contribution in [0.5, 0.6) is 5.75 Å². The molecule has 0 aromatic heterocycles. The summed E-state index contributed by atoms with van der Waals surface area (Å²) < 4.78 is 23.9. The fourth-order valence-electron chi connectivity index (χ4n) is 3.34. The number of benzene rings is 1. The number of aliphatic hydroxyl groups excluding tert-OH is 1. The molecule has 2 aliphatic heterocycles. The van der Waals surface area contributed by atoms with E-state index in [1.165, 1.54) is 24.3 Å². The molecule has 3 rings (SSSR count). The minimum Gasteiger partial charge on any atom is -0.490 e. The first-order valence-electron chi connectivity index (χ1n) is 8.17. The number of rotatable bonds is 4. The van der Waals surface area contributed by atoms with Gasteiger partial charge in [-0.25, -0.2) is 4.39 Å². The maximum atomic E-state index is 12.9. The first-order chi connectivity index (χ1) is 11.1. The van der Waals surface area contributed by atoms with E-state index in [1.54, 1.807) is 0 Å². The highest BCUT2D eigenvalue weighted by molar-refractivity contribution is 5.22. The van der Waals surface area contributed by atoms with E-state index < -0.39 is 11.7 Å². The average molecular weight is 325 g/mol. The fraction of sp³-hybridized carbons (Fsp3) is 0.647. The molecule has 2 heterocycles. The monoisotopic (exact) mass is 325 g/mol. The number of likely N-dealkylation sites (tertiary alicyclic amines) is 1.